The molecule has 5 aromatic rings. The van der Waals surface area contributed by atoms with Gasteiger partial charge in [-0.05, 0) is 24.3 Å². The fourth-order valence-electron chi connectivity index (χ4n) is 3.25. The number of nitrogens with zero attached hydrogens (tertiary/aromatic N) is 4. The van der Waals surface area contributed by atoms with E-state index in [0.29, 0.717) is 22.4 Å². The number of aromatic nitrogens is 5. The van der Waals surface area contributed by atoms with Crippen LogP contribution in [0, 0.1) is 0 Å². The molecule has 1 N–H and O–H groups in total. The van der Waals surface area contributed by atoms with Crippen LogP contribution in [-0.2, 0) is 6.18 Å². The first-order valence-corrected chi connectivity index (χ1v) is 9.05. The summed E-state index contributed by atoms with van der Waals surface area (Å²) in [7, 11) is 0. The summed E-state index contributed by atoms with van der Waals surface area (Å²) in [5.74, 6) is 0.783. The summed E-state index contributed by atoms with van der Waals surface area (Å²) < 4.78 is 45.5. The van der Waals surface area contributed by atoms with Crippen molar-refractivity contribution in [1.82, 2.24) is 24.5 Å². The second-order valence-electron chi connectivity index (χ2n) is 6.66. The normalized spacial score (nSPS) is 11.8. The van der Waals surface area contributed by atoms with E-state index in [0.717, 1.165) is 12.1 Å². The Labute approximate surface area is 171 Å². The number of halogens is 3. The Kier molecular flexibility index (Phi) is 4.21. The van der Waals surface area contributed by atoms with Crippen molar-refractivity contribution < 1.29 is 17.6 Å². The summed E-state index contributed by atoms with van der Waals surface area (Å²) in [6.45, 7) is 0. The van der Waals surface area contributed by atoms with Crippen LogP contribution in [0.25, 0.3) is 39.6 Å². The Morgan fingerprint density at radius 3 is 2.58 bits per heavy atom. The topological polar surface area (TPSA) is 89.6 Å². The smallest absolute Gasteiger partial charge is 0.416 e. The van der Waals surface area contributed by atoms with Crippen LogP contribution in [0.3, 0.4) is 0 Å². The highest BCUT2D eigenvalue weighted by Gasteiger charge is 2.30. The highest BCUT2D eigenvalue weighted by Crippen LogP contribution is 2.33. The first kappa shape index (κ1) is 18.8. The van der Waals surface area contributed by atoms with Gasteiger partial charge in [-0.15, -0.1) is 0 Å². The number of benzene rings is 1. The van der Waals surface area contributed by atoms with Gasteiger partial charge in [0, 0.05) is 23.3 Å². The maximum absolute atomic E-state index is 13.1. The summed E-state index contributed by atoms with van der Waals surface area (Å²) >= 11 is 0. The van der Waals surface area contributed by atoms with Gasteiger partial charge < -0.3 is 9.40 Å². The maximum atomic E-state index is 13.1. The van der Waals surface area contributed by atoms with Gasteiger partial charge in [-0.1, -0.05) is 18.2 Å². The molecular formula is C21H12F3N5O2. The van der Waals surface area contributed by atoms with Crippen LogP contribution < -0.4 is 5.56 Å². The Morgan fingerprint density at radius 1 is 1.06 bits per heavy atom. The summed E-state index contributed by atoms with van der Waals surface area (Å²) in [5.41, 5.74) is -0.193. The third-order valence-electron chi connectivity index (χ3n) is 4.74. The lowest BCUT2D eigenvalue weighted by Gasteiger charge is -2.09. The first-order valence-electron chi connectivity index (χ1n) is 9.05. The predicted molar refractivity (Wildman–Crippen MR) is 105 cm³/mol. The number of oxazole rings is 1. The molecule has 4 aromatic heterocycles. The number of alkyl halides is 3. The summed E-state index contributed by atoms with van der Waals surface area (Å²) in [6, 6.07) is 9.76. The fourth-order valence-corrected chi connectivity index (χ4v) is 3.25. The number of rotatable bonds is 3. The molecule has 0 aliphatic carbocycles. The molecule has 0 atom stereocenters. The lowest BCUT2D eigenvalue weighted by molar-refractivity contribution is -0.137. The van der Waals surface area contributed by atoms with Gasteiger partial charge in [0.15, 0.2) is 23.8 Å². The van der Waals surface area contributed by atoms with Gasteiger partial charge in [0.25, 0.3) is 5.56 Å². The van der Waals surface area contributed by atoms with Gasteiger partial charge >= 0.3 is 6.18 Å². The quantitative estimate of drug-likeness (QED) is 0.463. The summed E-state index contributed by atoms with van der Waals surface area (Å²) in [6.07, 6.45) is 1.25. The standard InChI is InChI=1S/C21H12F3N5O2/c22-21(23,24)14-5-3-13(4-6-14)16-19(28-18(27-16)15-10-25-11-31-15)29-9-7-12-2-1-8-26-17(12)20(29)30/h1-11H,(H,27,28). The van der Waals surface area contributed by atoms with Crippen LogP contribution in [0.1, 0.15) is 5.56 Å². The second kappa shape index (κ2) is 6.94. The van der Waals surface area contributed by atoms with Crippen LogP contribution in [-0.4, -0.2) is 24.5 Å². The van der Waals surface area contributed by atoms with E-state index in [1.54, 1.807) is 24.4 Å². The molecule has 0 radical (unpaired) electrons. The van der Waals surface area contributed by atoms with E-state index in [-0.39, 0.29) is 17.2 Å². The Bertz CT molecular complexity index is 1430. The molecule has 0 saturated heterocycles. The van der Waals surface area contributed by atoms with E-state index in [4.69, 9.17) is 4.42 Å². The minimum Gasteiger partial charge on any atom is -0.440 e. The SMILES string of the molecule is O=c1c2ncccc2ccn1-c1nc(-c2cnco2)[nH]c1-c1ccc(C(F)(F)F)cc1. The largest absolute Gasteiger partial charge is 0.440 e. The van der Waals surface area contributed by atoms with E-state index < -0.39 is 17.3 Å². The van der Waals surface area contributed by atoms with E-state index in [2.05, 4.69) is 19.9 Å². The molecule has 4 heterocycles. The van der Waals surface area contributed by atoms with Gasteiger partial charge in [-0.2, -0.15) is 13.2 Å². The number of fused-ring (bicyclic) bond motifs is 1. The average molecular weight is 423 g/mol. The maximum Gasteiger partial charge on any atom is 0.416 e. The van der Waals surface area contributed by atoms with Gasteiger partial charge in [0.2, 0.25) is 0 Å². The van der Waals surface area contributed by atoms with Crippen LogP contribution >= 0.6 is 0 Å². The third-order valence-corrected chi connectivity index (χ3v) is 4.74. The van der Waals surface area contributed by atoms with Gasteiger partial charge in [0.1, 0.15) is 5.52 Å². The Morgan fingerprint density at radius 2 is 1.87 bits per heavy atom. The zero-order valence-corrected chi connectivity index (χ0v) is 15.6. The molecule has 0 bridgehead atoms. The number of aromatic amines is 1. The van der Waals surface area contributed by atoms with Crippen molar-refractivity contribution in [2.75, 3.05) is 0 Å². The molecule has 154 valence electrons. The zero-order chi connectivity index (χ0) is 21.6. The molecule has 0 saturated carbocycles. The first-order chi connectivity index (χ1) is 14.9. The molecule has 10 heteroatoms. The van der Waals surface area contributed by atoms with Crippen molar-refractivity contribution in [3.63, 3.8) is 0 Å². The van der Waals surface area contributed by atoms with Crippen LogP contribution in [0.5, 0.6) is 0 Å². The lowest BCUT2D eigenvalue weighted by Crippen LogP contribution is -2.19. The second-order valence-corrected chi connectivity index (χ2v) is 6.66. The minimum absolute atomic E-state index is 0.198. The highest BCUT2D eigenvalue weighted by molar-refractivity contribution is 5.78. The number of imidazole rings is 1. The number of hydrogen-bond acceptors (Lipinski definition) is 5. The molecule has 7 nitrogen and oxygen atoms in total. The number of H-pyrrole nitrogens is 1. The van der Waals surface area contributed by atoms with Crippen molar-refractivity contribution in [2.45, 2.75) is 6.18 Å². The zero-order valence-electron chi connectivity index (χ0n) is 15.6. The van der Waals surface area contributed by atoms with E-state index in [1.165, 1.54) is 35.5 Å². The molecule has 0 aliphatic heterocycles. The van der Waals surface area contributed by atoms with Crippen LogP contribution in [0.2, 0.25) is 0 Å². The predicted octanol–water partition coefficient (Wildman–Crippen LogP) is 4.45. The number of hydrogen-bond donors (Lipinski definition) is 1. The van der Waals surface area contributed by atoms with Crippen molar-refractivity contribution in [2.24, 2.45) is 0 Å². The monoisotopic (exact) mass is 423 g/mol. The number of nitrogens with one attached hydrogen (secondary N) is 1. The summed E-state index contributed by atoms with van der Waals surface area (Å²) in [5, 5.41) is 0.658. The number of pyridine rings is 2. The van der Waals surface area contributed by atoms with Crippen molar-refractivity contribution in [3.8, 4) is 28.7 Å². The third kappa shape index (κ3) is 3.27. The van der Waals surface area contributed by atoms with Crippen LogP contribution in [0.15, 0.2) is 76.7 Å². The molecular weight excluding hydrogens is 411 g/mol. The molecule has 0 aliphatic rings. The van der Waals surface area contributed by atoms with Gasteiger partial charge in [-0.3, -0.25) is 14.3 Å². The molecule has 0 amide bonds. The Balaban J connectivity index is 1.72. The molecule has 5 rings (SSSR count). The molecule has 1 aromatic carbocycles. The van der Waals surface area contributed by atoms with E-state index >= 15 is 0 Å². The molecule has 0 spiro atoms. The van der Waals surface area contributed by atoms with Gasteiger partial charge in [-0.25, -0.2) is 9.97 Å². The molecule has 31 heavy (non-hydrogen) atoms. The van der Waals surface area contributed by atoms with Crippen molar-refractivity contribution in [3.05, 3.63) is 83.4 Å². The highest BCUT2D eigenvalue weighted by atomic mass is 19.4. The average Bonchev–Trinajstić information content (AvgIpc) is 3.44. The molecule has 0 unspecified atom stereocenters. The van der Waals surface area contributed by atoms with Crippen LogP contribution in [0.4, 0.5) is 13.2 Å². The van der Waals surface area contributed by atoms with Crippen molar-refractivity contribution in [1.29, 1.82) is 0 Å². The Hall–Kier alpha value is -4.21. The molecule has 0 fully saturated rings. The van der Waals surface area contributed by atoms with E-state index in [9.17, 15) is 18.0 Å². The fraction of sp³-hybridized carbons (Fsp3) is 0.0476. The van der Waals surface area contributed by atoms with E-state index in [1.807, 2.05) is 0 Å². The summed E-state index contributed by atoms with van der Waals surface area (Å²) in [4.78, 5) is 28.5. The van der Waals surface area contributed by atoms with Crippen molar-refractivity contribution >= 4 is 10.9 Å². The lowest BCUT2D eigenvalue weighted by atomic mass is 10.1. The van der Waals surface area contributed by atoms with Gasteiger partial charge in [0.05, 0.1) is 17.5 Å². The minimum atomic E-state index is -4.46.